The molecule has 0 amide bonds. The topological polar surface area (TPSA) is 78.9 Å². The van der Waals surface area contributed by atoms with Crippen LogP contribution in [0, 0.1) is 6.92 Å². The Balaban J connectivity index is 1.66. The summed E-state index contributed by atoms with van der Waals surface area (Å²) >= 11 is 0. The molecular weight excluding hydrogens is 330 g/mol. The summed E-state index contributed by atoms with van der Waals surface area (Å²) < 4.78 is 12.8. The molecule has 0 spiro atoms. The van der Waals surface area contributed by atoms with Gasteiger partial charge in [-0.15, -0.1) is 0 Å². The molecular formula is C19H25N5O2. The van der Waals surface area contributed by atoms with Crippen molar-refractivity contribution in [2.45, 2.75) is 52.5 Å². The van der Waals surface area contributed by atoms with Crippen molar-refractivity contribution in [1.82, 2.24) is 24.9 Å². The van der Waals surface area contributed by atoms with E-state index in [-0.39, 0.29) is 5.54 Å². The summed E-state index contributed by atoms with van der Waals surface area (Å²) in [6, 6.07) is 7.64. The fourth-order valence-corrected chi connectivity index (χ4v) is 2.85. The molecule has 138 valence electrons. The Hall–Kier alpha value is -2.70. The molecule has 26 heavy (non-hydrogen) atoms. The van der Waals surface area contributed by atoms with Crippen LogP contribution in [0.2, 0.25) is 0 Å². The number of hydrogen-bond acceptors (Lipinski definition) is 6. The highest BCUT2D eigenvalue weighted by Gasteiger charge is 2.20. The maximum atomic E-state index is 5.40. The molecule has 0 unspecified atom stereocenters. The maximum absolute atomic E-state index is 5.40. The molecule has 0 N–H and O–H groups in total. The summed E-state index contributed by atoms with van der Waals surface area (Å²) in [5.74, 6) is 3.68. The summed E-state index contributed by atoms with van der Waals surface area (Å²) in [6.45, 7) is 8.30. The third-order valence-corrected chi connectivity index (χ3v) is 4.02. The van der Waals surface area contributed by atoms with E-state index in [0.29, 0.717) is 18.1 Å². The molecule has 1 aromatic carbocycles. The first-order valence-electron chi connectivity index (χ1n) is 8.77. The standard InChI is InChI=1S/C19H25N5O2/c1-13-20-16(24(22-13)19(2,3)4)11-8-12-17-21-18(23-26-17)14-9-6-7-10-15(14)25-5/h6-7,9-10H,8,11-12H2,1-5H3. The first-order valence-corrected chi connectivity index (χ1v) is 8.77. The van der Waals surface area contributed by atoms with Gasteiger partial charge in [0.25, 0.3) is 0 Å². The lowest BCUT2D eigenvalue weighted by atomic mass is 10.1. The van der Waals surface area contributed by atoms with E-state index >= 15 is 0 Å². The number of para-hydroxylation sites is 1. The SMILES string of the molecule is COc1ccccc1-c1noc(CCCc2nc(C)nn2C(C)(C)C)n1. The zero-order valence-corrected chi connectivity index (χ0v) is 16.0. The Morgan fingerprint density at radius 3 is 2.62 bits per heavy atom. The molecule has 0 atom stereocenters. The molecule has 3 rings (SSSR count). The molecule has 0 aliphatic rings. The van der Waals surface area contributed by atoms with Crippen LogP contribution in [0.3, 0.4) is 0 Å². The first-order chi connectivity index (χ1) is 12.4. The van der Waals surface area contributed by atoms with E-state index in [0.717, 1.165) is 35.8 Å². The Morgan fingerprint density at radius 1 is 1.12 bits per heavy atom. The van der Waals surface area contributed by atoms with Crippen LogP contribution in [0.1, 0.15) is 44.7 Å². The largest absolute Gasteiger partial charge is 0.496 e. The lowest BCUT2D eigenvalue weighted by Gasteiger charge is -2.21. The summed E-state index contributed by atoms with van der Waals surface area (Å²) in [5.41, 5.74) is 0.742. The van der Waals surface area contributed by atoms with Crippen LogP contribution in [-0.2, 0) is 18.4 Å². The normalized spacial score (nSPS) is 11.7. The van der Waals surface area contributed by atoms with Gasteiger partial charge in [-0.25, -0.2) is 9.67 Å². The predicted octanol–water partition coefficient (Wildman–Crippen LogP) is 3.58. The van der Waals surface area contributed by atoms with Crippen LogP contribution in [0.15, 0.2) is 28.8 Å². The van der Waals surface area contributed by atoms with E-state index in [2.05, 4.69) is 41.0 Å². The van der Waals surface area contributed by atoms with Crippen molar-refractivity contribution >= 4 is 0 Å². The van der Waals surface area contributed by atoms with E-state index in [1.807, 2.05) is 35.9 Å². The van der Waals surface area contributed by atoms with Crippen LogP contribution in [0.25, 0.3) is 11.4 Å². The molecule has 7 nitrogen and oxygen atoms in total. The smallest absolute Gasteiger partial charge is 0.226 e. The number of aromatic nitrogens is 5. The lowest BCUT2D eigenvalue weighted by Crippen LogP contribution is -2.25. The second-order valence-corrected chi connectivity index (χ2v) is 7.22. The number of hydrogen-bond donors (Lipinski definition) is 0. The summed E-state index contributed by atoms with van der Waals surface area (Å²) in [6.07, 6.45) is 2.37. The Bertz CT molecular complexity index is 876. The molecule has 0 saturated heterocycles. The predicted molar refractivity (Wildman–Crippen MR) is 98.1 cm³/mol. The van der Waals surface area contributed by atoms with E-state index < -0.39 is 0 Å². The first kappa shape index (κ1) is 18.1. The highest BCUT2D eigenvalue weighted by atomic mass is 16.5. The zero-order chi connectivity index (χ0) is 18.7. The van der Waals surface area contributed by atoms with Crippen LogP contribution < -0.4 is 4.74 Å². The molecule has 0 fully saturated rings. The van der Waals surface area contributed by atoms with E-state index in [1.54, 1.807) is 7.11 Å². The molecule has 0 aliphatic heterocycles. The van der Waals surface area contributed by atoms with Gasteiger partial charge < -0.3 is 9.26 Å². The zero-order valence-electron chi connectivity index (χ0n) is 16.0. The van der Waals surface area contributed by atoms with Gasteiger partial charge >= 0.3 is 0 Å². The Labute approximate surface area is 153 Å². The van der Waals surface area contributed by atoms with Crippen LogP contribution >= 0.6 is 0 Å². The molecule has 2 heterocycles. The molecule has 0 aliphatic carbocycles. The van der Waals surface area contributed by atoms with E-state index in [9.17, 15) is 0 Å². The molecule has 3 aromatic rings. The molecule has 0 saturated carbocycles. The third-order valence-electron chi connectivity index (χ3n) is 4.02. The minimum absolute atomic E-state index is 0.0852. The number of nitrogens with zero attached hydrogens (tertiary/aromatic N) is 5. The van der Waals surface area contributed by atoms with Crippen LogP contribution in [-0.4, -0.2) is 32.0 Å². The Kier molecular flexibility index (Phi) is 5.06. The second-order valence-electron chi connectivity index (χ2n) is 7.22. The van der Waals surface area contributed by atoms with Crippen LogP contribution in [0.4, 0.5) is 0 Å². The number of ether oxygens (including phenoxy) is 1. The van der Waals surface area contributed by atoms with Gasteiger partial charge in [0, 0.05) is 12.8 Å². The molecule has 0 bridgehead atoms. The maximum Gasteiger partial charge on any atom is 0.226 e. The summed E-state index contributed by atoms with van der Waals surface area (Å²) in [4.78, 5) is 9.05. The van der Waals surface area contributed by atoms with Gasteiger partial charge in [0.15, 0.2) is 0 Å². The summed E-state index contributed by atoms with van der Waals surface area (Å²) in [5, 5.41) is 8.59. The second kappa shape index (κ2) is 7.27. The summed E-state index contributed by atoms with van der Waals surface area (Å²) in [7, 11) is 1.63. The fraction of sp³-hybridized carbons (Fsp3) is 0.474. The quantitative estimate of drug-likeness (QED) is 0.672. The average Bonchev–Trinajstić information content (AvgIpc) is 3.21. The van der Waals surface area contributed by atoms with Gasteiger partial charge in [0.05, 0.1) is 18.2 Å². The highest BCUT2D eigenvalue weighted by Crippen LogP contribution is 2.27. The Morgan fingerprint density at radius 2 is 1.88 bits per heavy atom. The van der Waals surface area contributed by atoms with Gasteiger partial charge in [0.1, 0.15) is 17.4 Å². The number of benzene rings is 1. The van der Waals surface area contributed by atoms with Crippen molar-refractivity contribution in [2.24, 2.45) is 0 Å². The van der Waals surface area contributed by atoms with Gasteiger partial charge in [-0.2, -0.15) is 10.1 Å². The minimum Gasteiger partial charge on any atom is -0.496 e. The van der Waals surface area contributed by atoms with Crippen molar-refractivity contribution in [3.63, 3.8) is 0 Å². The van der Waals surface area contributed by atoms with E-state index in [1.165, 1.54) is 0 Å². The van der Waals surface area contributed by atoms with Gasteiger partial charge in [-0.1, -0.05) is 17.3 Å². The van der Waals surface area contributed by atoms with Crippen molar-refractivity contribution in [2.75, 3.05) is 7.11 Å². The van der Waals surface area contributed by atoms with Crippen molar-refractivity contribution < 1.29 is 9.26 Å². The highest BCUT2D eigenvalue weighted by molar-refractivity contribution is 5.63. The van der Waals surface area contributed by atoms with Crippen LogP contribution in [0.5, 0.6) is 5.75 Å². The minimum atomic E-state index is -0.0852. The van der Waals surface area contributed by atoms with Gasteiger partial charge in [0.2, 0.25) is 11.7 Å². The molecule has 7 heteroatoms. The third kappa shape index (κ3) is 3.92. The average molecular weight is 355 g/mol. The number of rotatable bonds is 6. The van der Waals surface area contributed by atoms with E-state index in [4.69, 9.17) is 9.26 Å². The van der Waals surface area contributed by atoms with Gasteiger partial charge in [-0.3, -0.25) is 0 Å². The van der Waals surface area contributed by atoms with Crippen molar-refractivity contribution in [1.29, 1.82) is 0 Å². The molecule has 0 radical (unpaired) electrons. The lowest BCUT2D eigenvalue weighted by molar-refractivity contribution is 0.337. The van der Waals surface area contributed by atoms with Crippen molar-refractivity contribution in [3.05, 3.63) is 41.8 Å². The monoisotopic (exact) mass is 355 g/mol. The number of methoxy groups -OCH3 is 1. The number of aryl methyl sites for hydroxylation is 3. The molecule has 2 aromatic heterocycles. The van der Waals surface area contributed by atoms with Gasteiger partial charge in [-0.05, 0) is 46.2 Å². The fourth-order valence-electron chi connectivity index (χ4n) is 2.85. The van der Waals surface area contributed by atoms with Crippen molar-refractivity contribution in [3.8, 4) is 17.1 Å².